The normalized spacial score (nSPS) is 16.6. The van der Waals surface area contributed by atoms with Crippen LogP contribution in [0.3, 0.4) is 0 Å². The number of nitrogens with two attached hydrogens (primary N) is 1. The summed E-state index contributed by atoms with van der Waals surface area (Å²) in [5, 5.41) is 0.194. The van der Waals surface area contributed by atoms with Crippen LogP contribution in [0.1, 0.15) is 47.2 Å². The number of amides is 2. The predicted octanol–water partition coefficient (Wildman–Crippen LogP) is 3.88. The molecule has 2 aromatic rings. The lowest BCUT2D eigenvalue weighted by Gasteiger charge is -2.33. The summed E-state index contributed by atoms with van der Waals surface area (Å²) in [5.41, 5.74) is 7.86. The first kappa shape index (κ1) is 24.1. The number of sulfonamides is 1. The third-order valence-corrected chi connectivity index (χ3v) is 7.55. The molecule has 32 heavy (non-hydrogen) atoms. The van der Waals surface area contributed by atoms with Crippen LogP contribution < -0.4 is 10.5 Å². The second kappa shape index (κ2) is 9.92. The van der Waals surface area contributed by atoms with Crippen LogP contribution in [-0.2, 0) is 14.8 Å². The zero-order valence-corrected chi connectivity index (χ0v) is 19.8. The summed E-state index contributed by atoms with van der Waals surface area (Å²) in [7, 11) is -3.91. The molecule has 9 heteroatoms. The van der Waals surface area contributed by atoms with Crippen LogP contribution >= 0.6 is 11.6 Å². The standard InChI is InChI=1S/C23H28ClN3O4S/c1-15-5-7-18(12-16(15)2)26-32(30,31)19-8-9-21(24)20(13-19)23(29)27-11-3-4-17(14-27)6-10-22(25)28/h5,7-9,12-13,17,26H,3-4,6,10-11,14H2,1-2H3,(H2,25,28). The third kappa shape index (κ3) is 5.81. The molecule has 1 saturated heterocycles. The van der Waals surface area contributed by atoms with E-state index in [0.717, 1.165) is 24.0 Å². The summed E-state index contributed by atoms with van der Waals surface area (Å²) < 4.78 is 28.4. The largest absolute Gasteiger partial charge is 0.370 e. The van der Waals surface area contributed by atoms with E-state index in [9.17, 15) is 18.0 Å². The number of hydrogen-bond donors (Lipinski definition) is 2. The molecule has 172 valence electrons. The highest BCUT2D eigenvalue weighted by Gasteiger charge is 2.27. The Morgan fingerprint density at radius 3 is 2.59 bits per heavy atom. The topological polar surface area (TPSA) is 110 Å². The number of aryl methyl sites for hydroxylation is 2. The number of rotatable bonds is 7. The predicted molar refractivity (Wildman–Crippen MR) is 125 cm³/mol. The molecule has 0 saturated carbocycles. The molecule has 0 radical (unpaired) electrons. The van der Waals surface area contributed by atoms with E-state index in [1.165, 1.54) is 18.2 Å². The van der Waals surface area contributed by atoms with E-state index in [4.69, 9.17) is 17.3 Å². The van der Waals surface area contributed by atoms with E-state index in [1.807, 2.05) is 19.9 Å². The summed E-state index contributed by atoms with van der Waals surface area (Å²) in [6.45, 7) is 4.89. The van der Waals surface area contributed by atoms with E-state index in [0.29, 0.717) is 25.2 Å². The Labute approximate surface area is 194 Å². The van der Waals surface area contributed by atoms with E-state index < -0.39 is 10.0 Å². The Kier molecular flexibility index (Phi) is 7.46. The van der Waals surface area contributed by atoms with Gasteiger partial charge < -0.3 is 10.6 Å². The molecule has 0 aromatic heterocycles. The van der Waals surface area contributed by atoms with Gasteiger partial charge in [-0.15, -0.1) is 0 Å². The maximum absolute atomic E-state index is 13.2. The second-order valence-electron chi connectivity index (χ2n) is 8.31. The molecular weight excluding hydrogens is 450 g/mol. The molecule has 1 fully saturated rings. The molecule has 1 atom stereocenters. The fraction of sp³-hybridized carbons (Fsp3) is 0.391. The maximum Gasteiger partial charge on any atom is 0.261 e. The van der Waals surface area contributed by atoms with E-state index >= 15 is 0 Å². The summed E-state index contributed by atoms with van der Waals surface area (Å²) in [6.07, 6.45) is 2.63. The molecule has 3 rings (SSSR count). The summed E-state index contributed by atoms with van der Waals surface area (Å²) in [4.78, 5) is 25.9. The number of carbonyl (C=O) groups is 2. The SMILES string of the molecule is Cc1ccc(NS(=O)(=O)c2ccc(Cl)c(C(=O)N3CCCC(CCC(N)=O)C3)c2)cc1C. The molecule has 2 aromatic carbocycles. The lowest BCUT2D eigenvalue weighted by atomic mass is 9.93. The van der Waals surface area contributed by atoms with Crippen molar-refractivity contribution in [3.63, 3.8) is 0 Å². The average Bonchev–Trinajstić information content (AvgIpc) is 2.74. The maximum atomic E-state index is 13.2. The Hall–Kier alpha value is -2.58. The van der Waals surface area contributed by atoms with Crippen LogP contribution in [0.4, 0.5) is 5.69 Å². The van der Waals surface area contributed by atoms with Crippen molar-refractivity contribution >= 4 is 39.1 Å². The third-order valence-electron chi connectivity index (χ3n) is 5.84. The second-order valence-corrected chi connectivity index (χ2v) is 10.4. The number of benzene rings is 2. The van der Waals surface area contributed by atoms with Gasteiger partial charge in [0.2, 0.25) is 5.91 Å². The van der Waals surface area contributed by atoms with Crippen molar-refractivity contribution in [2.24, 2.45) is 11.7 Å². The minimum atomic E-state index is -3.91. The number of halogens is 1. The van der Waals surface area contributed by atoms with Crippen molar-refractivity contribution in [2.45, 2.75) is 44.4 Å². The fourth-order valence-electron chi connectivity index (χ4n) is 3.86. The Morgan fingerprint density at radius 1 is 1.16 bits per heavy atom. The molecule has 2 amide bonds. The van der Waals surface area contributed by atoms with Crippen molar-refractivity contribution in [3.05, 3.63) is 58.1 Å². The van der Waals surface area contributed by atoms with Gasteiger partial charge in [0.05, 0.1) is 15.5 Å². The zero-order valence-electron chi connectivity index (χ0n) is 18.2. The lowest BCUT2D eigenvalue weighted by Crippen LogP contribution is -2.40. The van der Waals surface area contributed by atoms with E-state index in [-0.39, 0.29) is 39.6 Å². The molecule has 0 bridgehead atoms. The highest BCUT2D eigenvalue weighted by atomic mass is 35.5. The monoisotopic (exact) mass is 477 g/mol. The van der Waals surface area contributed by atoms with Gasteiger partial charge in [0.25, 0.3) is 15.9 Å². The summed E-state index contributed by atoms with van der Waals surface area (Å²) in [6, 6.07) is 9.43. The van der Waals surface area contributed by atoms with Crippen LogP contribution in [0.2, 0.25) is 5.02 Å². The van der Waals surface area contributed by atoms with Crippen LogP contribution in [-0.4, -0.2) is 38.2 Å². The minimum absolute atomic E-state index is 0.0363. The van der Waals surface area contributed by atoms with Gasteiger partial charge in [0, 0.05) is 25.2 Å². The van der Waals surface area contributed by atoms with Crippen molar-refractivity contribution < 1.29 is 18.0 Å². The number of likely N-dealkylation sites (tertiary alicyclic amines) is 1. The molecule has 1 heterocycles. The van der Waals surface area contributed by atoms with E-state index in [2.05, 4.69) is 4.72 Å². The van der Waals surface area contributed by atoms with Crippen LogP contribution in [0, 0.1) is 19.8 Å². The smallest absolute Gasteiger partial charge is 0.261 e. The molecular formula is C23H28ClN3O4S. The first-order valence-electron chi connectivity index (χ1n) is 10.5. The highest BCUT2D eigenvalue weighted by Crippen LogP contribution is 2.27. The van der Waals surface area contributed by atoms with Crippen LogP contribution in [0.25, 0.3) is 0 Å². The summed E-state index contributed by atoms with van der Waals surface area (Å²) >= 11 is 6.27. The van der Waals surface area contributed by atoms with Gasteiger partial charge in [-0.1, -0.05) is 17.7 Å². The number of carbonyl (C=O) groups excluding carboxylic acids is 2. The van der Waals surface area contributed by atoms with Crippen molar-refractivity contribution in [1.29, 1.82) is 0 Å². The number of primary amides is 1. The molecule has 0 aliphatic carbocycles. The Balaban J connectivity index is 1.80. The summed E-state index contributed by atoms with van der Waals surface area (Å²) in [5.74, 6) is -0.495. The number of nitrogens with zero attached hydrogens (tertiary/aromatic N) is 1. The van der Waals surface area contributed by atoms with Gasteiger partial charge in [-0.05, 0) is 80.5 Å². The fourth-order valence-corrected chi connectivity index (χ4v) is 5.13. The Bertz CT molecular complexity index is 1130. The molecule has 0 spiro atoms. The van der Waals surface area contributed by atoms with Gasteiger partial charge in [-0.25, -0.2) is 8.42 Å². The van der Waals surface area contributed by atoms with Gasteiger partial charge >= 0.3 is 0 Å². The molecule has 1 unspecified atom stereocenters. The van der Waals surface area contributed by atoms with Crippen molar-refractivity contribution in [2.75, 3.05) is 17.8 Å². The van der Waals surface area contributed by atoms with Crippen molar-refractivity contribution in [1.82, 2.24) is 4.90 Å². The van der Waals surface area contributed by atoms with Gasteiger partial charge in [0.1, 0.15) is 0 Å². The highest BCUT2D eigenvalue weighted by molar-refractivity contribution is 7.92. The number of hydrogen-bond acceptors (Lipinski definition) is 4. The van der Waals surface area contributed by atoms with Gasteiger partial charge in [0.15, 0.2) is 0 Å². The number of piperidine rings is 1. The lowest BCUT2D eigenvalue weighted by molar-refractivity contribution is -0.118. The molecule has 1 aliphatic heterocycles. The van der Waals surface area contributed by atoms with Gasteiger partial charge in [-0.2, -0.15) is 0 Å². The molecule has 3 N–H and O–H groups in total. The van der Waals surface area contributed by atoms with Gasteiger partial charge in [-0.3, -0.25) is 14.3 Å². The van der Waals surface area contributed by atoms with Crippen molar-refractivity contribution in [3.8, 4) is 0 Å². The van der Waals surface area contributed by atoms with Crippen LogP contribution in [0.5, 0.6) is 0 Å². The zero-order chi connectivity index (χ0) is 23.5. The quantitative estimate of drug-likeness (QED) is 0.630. The molecule has 1 aliphatic rings. The first-order chi connectivity index (χ1) is 15.1. The first-order valence-corrected chi connectivity index (χ1v) is 12.4. The Morgan fingerprint density at radius 2 is 1.91 bits per heavy atom. The van der Waals surface area contributed by atoms with E-state index in [1.54, 1.807) is 17.0 Å². The molecule has 7 nitrogen and oxygen atoms in total. The average molecular weight is 478 g/mol. The number of anilines is 1. The minimum Gasteiger partial charge on any atom is -0.370 e. The number of nitrogens with one attached hydrogen (secondary N) is 1. The van der Waals surface area contributed by atoms with Crippen LogP contribution in [0.15, 0.2) is 41.3 Å².